The molecule has 8 heteroatoms. The number of rotatable bonds is 5. The van der Waals surface area contributed by atoms with Crippen molar-refractivity contribution in [3.8, 4) is 23.6 Å². The molecule has 2 aromatic carbocycles. The third-order valence-electron chi connectivity index (χ3n) is 4.02. The van der Waals surface area contributed by atoms with E-state index in [1.54, 1.807) is 36.4 Å². The Morgan fingerprint density at radius 2 is 1.89 bits per heavy atom. The molecule has 0 fully saturated rings. The lowest BCUT2D eigenvalue weighted by molar-refractivity contribution is 0.258. The summed E-state index contributed by atoms with van der Waals surface area (Å²) in [7, 11) is 0. The molecule has 1 heterocycles. The van der Waals surface area contributed by atoms with Crippen LogP contribution in [0, 0.1) is 33.2 Å². The molecule has 0 saturated carbocycles. The predicted molar refractivity (Wildman–Crippen MR) is 107 cm³/mol. The minimum atomic E-state index is -0.591. The molecule has 3 aromatic rings. The van der Waals surface area contributed by atoms with Crippen LogP contribution in [0.4, 0.5) is 5.69 Å². The first-order chi connectivity index (χ1) is 13.1. The van der Waals surface area contributed by atoms with Crippen molar-refractivity contribution >= 4 is 28.3 Å². The highest BCUT2D eigenvalue weighted by Gasteiger charge is 2.20. The van der Waals surface area contributed by atoms with Crippen molar-refractivity contribution in [2.45, 2.75) is 13.0 Å². The third-order valence-corrected chi connectivity index (χ3v) is 5.41. The van der Waals surface area contributed by atoms with Crippen molar-refractivity contribution in [2.75, 3.05) is 11.9 Å². The number of nitrogens with zero attached hydrogens (tertiary/aromatic N) is 4. The molecule has 0 radical (unpaired) electrons. The summed E-state index contributed by atoms with van der Waals surface area (Å²) in [5.41, 5.74) is 3.50. The Bertz CT molecular complexity index is 1050. The Labute approximate surface area is 169 Å². The zero-order chi connectivity index (χ0) is 19.4. The van der Waals surface area contributed by atoms with Crippen molar-refractivity contribution in [2.24, 2.45) is 0 Å². The van der Waals surface area contributed by atoms with Crippen molar-refractivity contribution in [3.05, 3.63) is 62.5 Å². The van der Waals surface area contributed by atoms with Crippen molar-refractivity contribution < 1.29 is 9.52 Å². The number of aliphatic hydroxyl groups excluding tert-OH is 1. The molecule has 1 aromatic heterocycles. The minimum Gasteiger partial charge on any atom is -0.418 e. The summed E-state index contributed by atoms with van der Waals surface area (Å²) in [6.45, 7) is 1.65. The molecule has 1 atom stereocenters. The van der Waals surface area contributed by atoms with Crippen LogP contribution in [0.25, 0.3) is 11.5 Å². The molecule has 134 valence electrons. The second-order valence-electron chi connectivity index (χ2n) is 5.73. The van der Waals surface area contributed by atoms with Crippen molar-refractivity contribution in [3.63, 3.8) is 0 Å². The first-order valence-electron chi connectivity index (χ1n) is 7.98. The van der Waals surface area contributed by atoms with Gasteiger partial charge < -0.3 is 14.8 Å². The summed E-state index contributed by atoms with van der Waals surface area (Å²) in [4.78, 5) is 0. The number of nitrogens with one attached hydrogen (secondary N) is 1. The van der Waals surface area contributed by atoms with Gasteiger partial charge in [0.15, 0.2) is 0 Å². The normalized spacial score (nSPS) is 11.4. The number of hydrogen-bond donors (Lipinski definition) is 2. The Kier molecular flexibility index (Phi) is 5.69. The smallest absolute Gasteiger partial charge is 0.247 e. The van der Waals surface area contributed by atoms with Gasteiger partial charge in [-0.25, -0.2) is 0 Å². The Morgan fingerprint density at radius 1 is 1.15 bits per heavy atom. The number of halogens is 1. The van der Waals surface area contributed by atoms with Gasteiger partial charge in [-0.15, -0.1) is 10.2 Å². The van der Waals surface area contributed by atoms with E-state index in [0.29, 0.717) is 22.6 Å². The molecule has 7 nitrogen and oxygen atoms in total. The Balaban J connectivity index is 1.85. The van der Waals surface area contributed by atoms with Gasteiger partial charge in [0.2, 0.25) is 11.8 Å². The van der Waals surface area contributed by atoms with Gasteiger partial charge >= 0.3 is 0 Å². The van der Waals surface area contributed by atoms with Gasteiger partial charge in [0, 0.05) is 14.8 Å². The van der Waals surface area contributed by atoms with Crippen LogP contribution in [0.15, 0.2) is 40.8 Å². The van der Waals surface area contributed by atoms with Gasteiger partial charge in [-0.3, -0.25) is 0 Å². The van der Waals surface area contributed by atoms with Crippen LogP contribution in [-0.2, 0) is 0 Å². The number of nitriles is 2. The highest BCUT2D eigenvalue weighted by molar-refractivity contribution is 14.1. The van der Waals surface area contributed by atoms with E-state index in [-0.39, 0.29) is 12.5 Å². The highest BCUT2D eigenvalue weighted by atomic mass is 127. The first kappa shape index (κ1) is 18.8. The standard InChI is InChI=1S/C19H14IN5O2/c1-11-15(7-6-14(9-22)17(11)20)23-16(10-26)19-25-24-18(27-19)13-4-2-12(8-21)3-5-13/h2-7,16,23,26H,10H2,1H3. The number of anilines is 1. The van der Waals surface area contributed by atoms with E-state index >= 15 is 0 Å². The van der Waals surface area contributed by atoms with Gasteiger partial charge in [0.05, 0.1) is 23.8 Å². The monoisotopic (exact) mass is 471 g/mol. The van der Waals surface area contributed by atoms with Crippen LogP contribution in [0.3, 0.4) is 0 Å². The number of benzene rings is 2. The molecule has 3 rings (SSSR count). The predicted octanol–water partition coefficient (Wildman–Crippen LogP) is 3.54. The topological polar surface area (TPSA) is 119 Å². The molecular weight excluding hydrogens is 457 g/mol. The molecule has 0 amide bonds. The lowest BCUT2D eigenvalue weighted by atomic mass is 10.1. The van der Waals surface area contributed by atoms with E-state index in [9.17, 15) is 5.11 Å². The number of aliphatic hydroxyl groups is 1. The molecular formula is C19H14IN5O2. The average Bonchev–Trinajstić information content (AvgIpc) is 3.19. The van der Waals surface area contributed by atoms with Crippen LogP contribution >= 0.6 is 22.6 Å². The van der Waals surface area contributed by atoms with Gasteiger partial charge in [-0.2, -0.15) is 10.5 Å². The summed E-state index contributed by atoms with van der Waals surface area (Å²) in [5, 5.41) is 39.0. The lowest BCUT2D eigenvalue weighted by Crippen LogP contribution is -2.16. The van der Waals surface area contributed by atoms with Crippen LogP contribution in [0.1, 0.15) is 28.6 Å². The third kappa shape index (κ3) is 3.92. The Morgan fingerprint density at radius 3 is 2.52 bits per heavy atom. The lowest BCUT2D eigenvalue weighted by Gasteiger charge is -2.17. The average molecular weight is 471 g/mol. The maximum atomic E-state index is 9.77. The molecule has 2 N–H and O–H groups in total. The fourth-order valence-electron chi connectivity index (χ4n) is 2.48. The summed E-state index contributed by atoms with van der Waals surface area (Å²) in [6.07, 6.45) is 0. The number of aromatic nitrogens is 2. The van der Waals surface area contributed by atoms with Crippen LogP contribution in [0.2, 0.25) is 0 Å². The maximum Gasteiger partial charge on any atom is 0.247 e. The fourth-order valence-corrected chi connectivity index (χ4v) is 3.07. The second kappa shape index (κ2) is 8.16. The van der Waals surface area contributed by atoms with E-state index in [1.807, 2.05) is 6.92 Å². The van der Waals surface area contributed by atoms with E-state index in [1.165, 1.54) is 0 Å². The van der Waals surface area contributed by atoms with Gasteiger partial charge in [-0.1, -0.05) is 0 Å². The molecule has 0 spiro atoms. The van der Waals surface area contributed by atoms with E-state index < -0.39 is 6.04 Å². The van der Waals surface area contributed by atoms with Crippen LogP contribution < -0.4 is 5.32 Å². The molecule has 0 aliphatic heterocycles. The van der Waals surface area contributed by atoms with E-state index in [0.717, 1.165) is 14.8 Å². The van der Waals surface area contributed by atoms with Crippen LogP contribution in [0.5, 0.6) is 0 Å². The summed E-state index contributed by atoms with van der Waals surface area (Å²) < 4.78 is 6.55. The molecule has 0 bridgehead atoms. The van der Waals surface area contributed by atoms with Crippen molar-refractivity contribution in [1.29, 1.82) is 10.5 Å². The molecule has 27 heavy (non-hydrogen) atoms. The zero-order valence-corrected chi connectivity index (χ0v) is 16.4. The zero-order valence-electron chi connectivity index (χ0n) is 14.3. The number of hydrogen-bond acceptors (Lipinski definition) is 7. The maximum absolute atomic E-state index is 9.77. The molecule has 0 aliphatic rings. The van der Waals surface area contributed by atoms with Gasteiger partial charge in [0.25, 0.3) is 0 Å². The minimum absolute atomic E-state index is 0.245. The quantitative estimate of drug-likeness (QED) is 0.547. The highest BCUT2D eigenvalue weighted by Crippen LogP contribution is 2.28. The summed E-state index contributed by atoms with van der Waals surface area (Å²) in [5.74, 6) is 0.552. The fraction of sp³-hybridized carbons (Fsp3) is 0.158. The SMILES string of the molecule is Cc1c(NC(CO)c2nnc(-c3ccc(C#N)cc3)o2)ccc(C#N)c1I. The van der Waals surface area contributed by atoms with E-state index in [4.69, 9.17) is 14.9 Å². The first-order valence-corrected chi connectivity index (χ1v) is 9.05. The summed E-state index contributed by atoms with van der Waals surface area (Å²) in [6, 6.07) is 13.9. The van der Waals surface area contributed by atoms with E-state index in [2.05, 4.69) is 50.2 Å². The molecule has 0 aliphatic carbocycles. The summed E-state index contributed by atoms with van der Waals surface area (Å²) >= 11 is 2.12. The van der Waals surface area contributed by atoms with Gasteiger partial charge in [-0.05, 0) is 71.5 Å². The van der Waals surface area contributed by atoms with Crippen molar-refractivity contribution in [1.82, 2.24) is 10.2 Å². The molecule has 1 unspecified atom stereocenters. The molecule has 0 saturated heterocycles. The van der Waals surface area contributed by atoms with Gasteiger partial charge in [0.1, 0.15) is 12.1 Å². The second-order valence-corrected chi connectivity index (χ2v) is 6.80. The van der Waals surface area contributed by atoms with Crippen LogP contribution in [-0.4, -0.2) is 21.9 Å². The largest absolute Gasteiger partial charge is 0.418 e. The Hall–Kier alpha value is -2.95.